The molecule has 0 bridgehead atoms. The number of carbonyl (C=O) groups is 1. The summed E-state index contributed by atoms with van der Waals surface area (Å²) in [5.74, 6) is 0.0872. The van der Waals surface area contributed by atoms with Crippen LogP contribution in [-0.2, 0) is 11.2 Å². The average molecular weight is 274 g/mol. The van der Waals surface area contributed by atoms with Gasteiger partial charge >= 0.3 is 5.97 Å². The Morgan fingerprint density at radius 3 is 2.50 bits per heavy atom. The van der Waals surface area contributed by atoms with Crippen LogP contribution in [0.25, 0.3) is 11.0 Å². The molecule has 0 aliphatic heterocycles. The van der Waals surface area contributed by atoms with Gasteiger partial charge in [-0.1, -0.05) is 13.8 Å². The number of nitrogens with zero attached hydrogens (tertiary/aromatic N) is 2. The maximum atomic E-state index is 11.5. The molecule has 0 saturated carbocycles. The van der Waals surface area contributed by atoms with Crippen LogP contribution in [0.4, 0.5) is 0 Å². The van der Waals surface area contributed by atoms with E-state index in [9.17, 15) is 9.90 Å². The van der Waals surface area contributed by atoms with Gasteiger partial charge in [-0.2, -0.15) is 0 Å². The van der Waals surface area contributed by atoms with Gasteiger partial charge in [-0.3, -0.25) is 0 Å². The summed E-state index contributed by atoms with van der Waals surface area (Å²) in [6.45, 7) is 8.10. The van der Waals surface area contributed by atoms with Gasteiger partial charge in [0.15, 0.2) is 0 Å². The first-order valence-corrected chi connectivity index (χ1v) is 7.20. The van der Waals surface area contributed by atoms with Crippen molar-refractivity contribution in [2.75, 3.05) is 0 Å². The number of hydrogen-bond donors (Lipinski definition) is 1. The minimum atomic E-state index is -0.789. The Kier molecular flexibility index (Phi) is 4.12. The van der Waals surface area contributed by atoms with Crippen LogP contribution >= 0.6 is 0 Å². The van der Waals surface area contributed by atoms with Gasteiger partial charge in [0.1, 0.15) is 11.9 Å². The lowest BCUT2D eigenvalue weighted by Gasteiger charge is -2.16. The quantitative estimate of drug-likeness (QED) is 0.905. The number of hydrogen-bond acceptors (Lipinski definition) is 2. The van der Waals surface area contributed by atoms with Crippen LogP contribution in [0.2, 0.25) is 0 Å². The molecule has 0 aliphatic rings. The molecule has 0 radical (unpaired) electrons. The van der Waals surface area contributed by atoms with Crippen molar-refractivity contribution in [2.45, 2.75) is 53.0 Å². The molecule has 0 amide bonds. The number of aryl methyl sites for hydroxylation is 3. The second kappa shape index (κ2) is 5.65. The highest BCUT2D eigenvalue weighted by atomic mass is 16.4. The second-order valence-corrected chi connectivity index (χ2v) is 5.34. The van der Waals surface area contributed by atoms with Gasteiger partial charge < -0.3 is 9.67 Å². The van der Waals surface area contributed by atoms with Crippen LogP contribution in [0.1, 0.15) is 49.7 Å². The van der Waals surface area contributed by atoms with Gasteiger partial charge in [-0.15, -0.1) is 0 Å². The standard InChI is InChI=1S/C16H22N2O2/c1-5-7-15-17-12-8-10(3)11(4)9-14(12)18(15)13(6-2)16(19)20/h8-9,13H,5-7H2,1-4H3,(H,19,20). The first kappa shape index (κ1) is 14.6. The first-order valence-electron chi connectivity index (χ1n) is 7.20. The van der Waals surface area contributed by atoms with Gasteiger partial charge in [0, 0.05) is 6.42 Å². The summed E-state index contributed by atoms with van der Waals surface area (Å²) in [6.07, 6.45) is 2.32. The lowest BCUT2D eigenvalue weighted by molar-refractivity contribution is -0.140. The Morgan fingerprint density at radius 2 is 1.95 bits per heavy atom. The van der Waals surface area contributed by atoms with Crippen LogP contribution in [0, 0.1) is 13.8 Å². The highest BCUT2D eigenvalue weighted by Crippen LogP contribution is 2.26. The van der Waals surface area contributed by atoms with Crippen molar-refractivity contribution in [3.8, 4) is 0 Å². The molecule has 1 aromatic heterocycles. The van der Waals surface area contributed by atoms with Crippen molar-refractivity contribution >= 4 is 17.0 Å². The SMILES string of the molecule is CCCc1nc2cc(C)c(C)cc2n1C(CC)C(=O)O. The van der Waals surface area contributed by atoms with Crippen LogP contribution in [0.3, 0.4) is 0 Å². The molecule has 20 heavy (non-hydrogen) atoms. The molecule has 1 N–H and O–H groups in total. The largest absolute Gasteiger partial charge is 0.480 e. The summed E-state index contributed by atoms with van der Waals surface area (Å²) in [6, 6.07) is 3.57. The van der Waals surface area contributed by atoms with E-state index in [2.05, 4.69) is 31.0 Å². The Morgan fingerprint density at radius 1 is 1.30 bits per heavy atom. The molecule has 4 nitrogen and oxygen atoms in total. The Bertz CT molecular complexity index is 643. The number of fused-ring (bicyclic) bond motifs is 1. The van der Waals surface area contributed by atoms with Gasteiger partial charge in [0.25, 0.3) is 0 Å². The molecule has 2 rings (SSSR count). The number of aromatic nitrogens is 2. The molecule has 108 valence electrons. The lowest BCUT2D eigenvalue weighted by atomic mass is 10.1. The van der Waals surface area contributed by atoms with Gasteiger partial charge in [-0.05, 0) is 49.9 Å². The lowest BCUT2D eigenvalue weighted by Crippen LogP contribution is -2.20. The zero-order valence-electron chi connectivity index (χ0n) is 12.6. The maximum absolute atomic E-state index is 11.5. The summed E-state index contributed by atoms with van der Waals surface area (Å²) in [4.78, 5) is 16.2. The number of rotatable bonds is 5. The molecule has 0 saturated heterocycles. The van der Waals surface area contributed by atoms with Gasteiger partial charge in [0.2, 0.25) is 0 Å². The molecule has 1 unspecified atom stereocenters. The summed E-state index contributed by atoms with van der Waals surface area (Å²) in [5, 5.41) is 9.47. The number of imidazole rings is 1. The summed E-state index contributed by atoms with van der Waals surface area (Å²) >= 11 is 0. The Balaban J connectivity index is 2.73. The third-order valence-corrected chi connectivity index (χ3v) is 3.84. The normalized spacial score (nSPS) is 12.8. The van der Waals surface area contributed by atoms with E-state index in [4.69, 9.17) is 0 Å². The van der Waals surface area contributed by atoms with Crippen molar-refractivity contribution in [3.63, 3.8) is 0 Å². The van der Waals surface area contributed by atoms with Crippen LogP contribution < -0.4 is 0 Å². The Hall–Kier alpha value is -1.84. The van der Waals surface area contributed by atoms with Crippen molar-refractivity contribution in [2.24, 2.45) is 0 Å². The molecular formula is C16H22N2O2. The Labute approximate surface area is 119 Å². The van der Waals surface area contributed by atoms with Crippen LogP contribution in [-0.4, -0.2) is 20.6 Å². The van der Waals surface area contributed by atoms with E-state index in [1.165, 1.54) is 11.1 Å². The molecule has 1 aromatic carbocycles. The van der Waals surface area contributed by atoms with Crippen LogP contribution in [0.15, 0.2) is 12.1 Å². The number of aliphatic carboxylic acids is 1. The third-order valence-electron chi connectivity index (χ3n) is 3.84. The zero-order valence-corrected chi connectivity index (χ0v) is 12.6. The fourth-order valence-electron chi connectivity index (χ4n) is 2.62. The summed E-state index contributed by atoms with van der Waals surface area (Å²) in [5.41, 5.74) is 4.19. The van der Waals surface area contributed by atoms with Gasteiger partial charge in [-0.25, -0.2) is 9.78 Å². The number of carboxylic acids is 1. The van der Waals surface area contributed by atoms with E-state index in [-0.39, 0.29) is 0 Å². The maximum Gasteiger partial charge on any atom is 0.326 e. The van der Waals surface area contributed by atoms with E-state index in [0.29, 0.717) is 6.42 Å². The molecule has 1 heterocycles. The van der Waals surface area contributed by atoms with Gasteiger partial charge in [0.05, 0.1) is 11.0 Å². The highest BCUT2D eigenvalue weighted by Gasteiger charge is 2.23. The van der Waals surface area contributed by atoms with E-state index in [1.54, 1.807) is 0 Å². The summed E-state index contributed by atoms with van der Waals surface area (Å²) < 4.78 is 1.91. The molecule has 0 spiro atoms. The van der Waals surface area contributed by atoms with E-state index in [1.807, 2.05) is 18.4 Å². The average Bonchev–Trinajstić information content (AvgIpc) is 2.70. The monoisotopic (exact) mass is 274 g/mol. The minimum Gasteiger partial charge on any atom is -0.480 e. The smallest absolute Gasteiger partial charge is 0.326 e. The molecular weight excluding hydrogens is 252 g/mol. The number of carboxylic acid groups (broad SMARTS) is 1. The van der Waals surface area contributed by atoms with E-state index >= 15 is 0 Å². The zero-order chi connectivity index (χ0) is 14.9. The number of benzene rings is 1. The van der Waals surface area contributed by atoms with Crippen molar-refractivity contribution in [1.82, 2.24) is 9.55 Å². The molecule has 0 aliphatic carbocycles. The molecule has 2 aromatic rings. The van der Waals surface area contributed by atoms with Crippen molar-refractivity contribution in [1.29, 1.82) is 0 Å². The molecule has 1 atom stereocenters. The topological polar surface area (TPSA) is 55.1 Å². The second-order valence-electron chi connectivity index (χ2n) is 5.34. The van der Waals surface area contributed by atoms with E-state index in [0.717, 1.165) is 29.7 Å². The van der Waals surface area contributed by atoms with E-state index < -0.39 is 12.0 Å². The fraction of sp³-hybridized carbons (Fsp3) is 0.500. The van der Waals surface area contributed by atoms with Crippen LogP contribution in [0.5, 0.6) is 0 Å². The molecule has 0 fully saturated rings. The van der Waals surface area contributed by atoms with Crippen molar-refractivity contribution < 1.29 is 9.90 Å². The first-order chi connectivity index (χ1) is 9.49. The minimum absolute atomic E-state index is 0.538. The summed E-state index contributed by atoms with van der Waals surface area (Å²) in [7, 11) is 0. The molecule has 4 heteroatoms. The predicted octanol–water partition coefficient (Wildman–Crippen LogP) is 3.64. The third kappa shape index (κ3) is 2.42. The van der Waals surface area contributed by atoms with Crippen molar-refractivity contribution in [3.05, 3.63) is 29.1 Å². The predicted molar refractivity (Wildman–Crippen MR) is 80.2 cm³/mol. The fourth-order valence-corrected chi connectivity index (χ4v) is 2.62. The highest BCUT2D eigenvalue weighted by molar-refractivity contribution is 5.81.